The van der Waals surface area contributed by atoms with Crippen LogP contribution < -0.4 is 20.9 Å². The molecule has 0 bridgehead atoms. The third-order valence-electron chi connectivity index (χ3n) is 4.77. The Morgan fingerprint density at radius 2 is 1.70 bits per heavy atom. The van der Waals surface area contributed by atoms with Gasteiger partial charge in [0.25, 0.3) is 0 Å². The van der Waals surface area contributed by atoms with Crippen LogP contribution in [-0.4, -0.2) is 16.3 Å². The molecule has 2 nitrogen and oxygen atoms in total. The summed E-state index contributed by atoms with van der Waals surface area (Å²) in [6.07, 6.45) is 9.35. The van der Waals surface area contributed by atoms with E-state index in [0.717, 1.165) is 39.6 Å². The second-order valence-corrected chi connectivity index (χ2v) is 6.31. The minimum Gasteiger partial charge on any atom is -0.507 e. The van der Waals surface area contributed by atoms with Crippen molar-refractivity contribution in [2.45, 2.75) is 31.8 Å². The first kappa shape index (κ1) is 14.3. The van der Waals surface area contributed by atoms with Crippen molar-refractivity contribution < 1.29 is 10.2 Å². The molecule has 116 valence electrons. The van der Waals surface area contributed by atoms with Gasteiger partial charge >= 0.3 is 0 Å². The number of aliphatic hydroxyl groups is 1. The third-order valence-corrected chi connectivity index (χ3v) is 4.77. The van der Waals surface area contributed by atoms with Gasteiger partial charge in [0.15, 0.2) is 0 Å². The van der Waals surface area contributed by atoms with Crippen LogP contribution >= 0.6 is 0 Å². The summed E-state index contributed by atoms with van der Waals surface area (Å²) in [5.74, 6) is 0.300. The summed E-state index contributed by atoms with van der Waals surface area (Å²) in [6.45, 7) is 0. The molecule has 0 heterocycles. The van der Waals surface area contributed by atoms with E-state index >= 15 is 0 Å². The Balaban J connectivity index is 2.16. The lowest BCUT2D eigenvalue weighted by Crippen LogP contribution is -2.34. The number of aromatic hydroxyl groups is 1. The van der Waals surface area contributed by atoms with Gasteiger partial charge in [-0.15, -0.1) is 0 Å². The maximum atomic E-state index is 10.6. The van der Waals surface area contributed by atoms with Gasteiger partial charge in [-0.3, -0.25) is 0 Å². The number of aliphatic hydroxyl groups excluding tert-OH is 1. The van der Waals surface area contributed by atoms with Crippen LogP contribution in [0.15, 0.2) is 36.4 Å². The summed E-state index contributed by atoms with van der Waals surface area (Å²) >= 11 is 0. The highest BCUT2D eigenvalue weighted by molar-refractivity contribution is 5.73. The first-order valence-corrected chi connectivity index (χ1v) is 8.23. The van der Waals surface area contributed by atoms with E-state index in [2.05, 4.69) is 30.4 Å². The van der Waals surface area contributed by atoms with Gasteiger partial charge in [0, 0.05) is 12.0 Å². The number of fused-ring (bicyclic) bond motifs is 2. The van der Waals surface area contributed by atoms with Gasteiger partial charge in [-0.1, -0.05) is 48.6 Å². The molecule has 0 aliphatic heterocycles. The van der Waals surface area contributed by atoms with E-state index in [1.54, 1.807) is 6.07 Å². The Hall–Kier alpha value is -2.32. The van der Waals surface area contributed by atoms with Crippen molar-refractivity contribution in [2.75, 3.05) is 0 Å². The lowest BCUT2D eigenvalue weighted by atomic mass is 9.92. The summed E-state index contributed by atoms with van der Waals surface area (Å²) in [4.78, 5) is 0. The maximum Gasteiger partial charge on any atom is 0.123 e. The third kappa shape index (κ3) is 2.49. The molecule has 2 aromatic carbocycles. The molecule has 0 radical (unpaired) electrons. The average molecular weight is 304 g/mol. The van der Waals surface area contributed by atoms with Crippen LogP contribution in [0.25, 0.3) is 23.8 Å². The van der Waals surface area contributed by atoms with Gasteiger partial charge in [-0.05, 0) is 51.8 Å². The minimum absolute atomic E-state index is 0.300. The van der Waals surface area contributed by atoms with Crippen LogP contribution in [0.4, 0.5) is 0 Å². The molecule has 23 heavy (non-hydrogen) atoms. The van der Waals surface area contributed by atoms with Crippen molar-refractivity contribution in [1.82, 2.24) is 0 Å². The molecule has 4 rings (SSSR count). The normalized spacial score (nSPS) is 19.5. The highest BCUT2D eigenvalue weighted by Gasteiger charge is 2.17. The molecule has 2 heteroatoms. The predicted molar refractivity (Wildman–Crippen MR) is 93.4 cm³/mol. The molecule has 2 aliphatic carbocycles. The molecule has 0 saturated heterocycles. The van der Waals surface area contributed by atoms with Gasteiger partial charge in [0.1, 0.15) is 5.75 Å². The van der Waals surface area contributed by atoms with Crippen LogP contribution in [0.5, 0.6) is 5.75 Å². The van der Waals surface area contributed by atoms with Crippen molar-refractivity contribution in [3.63, 3.8) is 0 Å². The van der Waals surface area contributed by atoms with Crippen LogP contribution in [0.3, 0.4) is 0 Å². The molecule has 2 aromatic rings. The molecular formula is C21H20O2. The lowest BCUT2D eigenvalue weighted by Gasteiger charge is -2.15. The van der Waals surface area contributed by atoms with E-state index in [1.165, 1.54) is 5.22 Å². The SMILES string of the molecule is Oc1ccc2c(c1C1=c3ccccc3=CCC(O)C1)=CCCC=2. The number of rotatable bonds is 1. The van der Waals surface area contributed by atoms with Gasteiger partial charge < -0.3 is 10.2 Å². The van der Waals surface area contributed by atoms with Gasteiger partial charge in [-0.2, -0.15) is 0 Å². The van der Waals surface area contributed by atoms with E-state index in [9.17, 15) is 10.2 Å². The van der Waals surface area contributed by atoms with Crippen LogP contribution in [0.1, 0.15) is 31.2 Å². The second-order valence-electron chi connectivity index (χ2n) is 6.31. The van der Waals surface area contributed by atoms with Crippen molar-refractivity contribution in [3.05, 3.63) is 62.8 Å². The molecular weight excluding hydrogens is 284 g/mol. The Kier molecular flexibility index (Phi) is 3.55. The number of hydrogen-bond donors (Lipinski definition) is 2. The van der Waals surface area contributed by atoms with Crippen molar-refractivity contribution in [2.24, 2.45) is 0 Å². The largest absolute Gasteiger partial charge is 0.507 e. The first-order valence-electron chi connectivity index (χ1n) is 8.23. The van der Waals surface area contributed by atoms with Gasteiger partial charge in [-0.25, -0.2) is 0 Å². The maximum absolute atomic E-state index is 10.6. The van der Waals surface area contributed by atoms with E-state index < -0.39 is 6.10 Å². The van der Waals surface area contributed by atoms with Gasteiger partial charge in [0.2, 0.25) is 0 Å². The van der Waals surface area contributed by atoms with Gasteiger partial charge in [0.05, 0.1) is 6.10 Å². The topological polar surface area (TPSA) is 40.5 Å². The zero-order chi connectivity index (χ0) is 15.8. The Bertz CT molecular complexity index is 999. The van der Waals surface area contributed by atoms with Crippen molar-refractivity contribution >= 4 is 23.8 Å². The quantitative estimate of drug-likeness (QED) is 0.821. The van der Waals surface area contributed by atoms with E-state index in [-0.39, 0.29) is 0 Å². The molecule has 1 unspecified atom stereocenters. The standard InChI is InChI=1S/C21H20O2/c22-16-11-9-14-5-1-3-7-17(14)19(13-16)21-18-8-4-2-6-15(18)10-12-20(21)23/h1,3,5-10,12,16,22-23H,2,4,11,13H2. The number of phenolic OH excluding ortho intramolecular Hbond substituents is 1. The molecule has 0 fully saturated rings. The van der Waals surface area contributed by atoms with Crippen LogP contribution in [0.2, 0.25) is 0 Å². The summed E-state index contributed by atoms with van der Waals surface area (Å²) in [7, 11) is 0. The Morgan fingerprint density at radius 1 is 0.870 bits per heavy atom. The fraction of sp³-hybridized carbons (Fsp3) is 0.238. The highest BCUT2D eigenvalue weighted by atomic mass is 16.3. The fourth-order valence-corrected chi connectivity index (χ4v) is 3.68. The summed E-state index contributed by atoms with van der Waals surface area (Å²) in [5, 5.41) is 25.4. The molecule has 1 atom stereocenters. The molecule has 2 aliphatic rings. The lowest BCUT2D eigenvalue weighted by molar-refractivity contribution is 0.188. The predicted octanol–water partition coefficient (Wildman–Crippen LogP) is 0.881. The summed E-state index contributed by atoms with van der Waals surface area (Å²) in [6, 6.07) is 12.0. The number of benzene rings is 2. The Labute approximate surface area is 135 Å². The average Bonchev–Trinajstić information content (AvgIpc) is 2.74. The van der Waals surface area contributed by atoms with E-state index in [4.69, 9.17) is 0 Å². The number of phenols is 1. The molecule has 0 spiro atoms. The van der Waals surface area contributed by atoms with E-state index in [1.807, 2.05) is 18.2 Å². The summed E-state index contributed by atoms with van der Waals surface area (Å²) < 4.78 is 0. The minimum atomic E-state index is -0.416. The highest BCUT2D eigenvalue weighted by Crippen LogP contribution is 2.24. The van der Waals surface area contributed by atoms with Crippen molar-refractivity contribution in [3.8, 4) is 5.75 Å². The molecule has 0 amide bonds. The Morgan fingerprint density at radius 3 is 2.61 bits per heavy atom. The molecule has 0 aromatic heterocycles. The zero-order valence-electron chi connectivity index (χ0n) is 13.0. The summed E-state index contributed by atoms with van der Waals surface area (Å²) in [5.41, 5.74) is 1.93. The van der Waals surface area contributed by atoms with E-state index in [0.29, 0.717) is 18.6 Å². The fourth-order valence-electron chi connectivity index (χ4n) is 3.68. The zero-order valence-corrected chi connectivity index (χ0v) is 13.0. The second kappa shape index (κ2) is 5.71. The number of hydrogen-bond acceptors (Lipinski definition) is 2. The van der Waals surface area contributed by atoms with Crippen molar-refractivity contribution in [1.29, 1.82) is 0 Å². The first-order chi connectivity index (χ1) is 11.2. The monoisotopic (exact) mass is 304 g/mol. The smallest absolute Gasteiger partial charge is 0.123 e. The van der Waals surface area contributed by atoms with Crippen LogP contribution in [0, 0.1) is 0 Å². The molecule has 2 N–H and O–H groups in total. The molecule has 0 saturated carbocycles. The van der Waals surface area contributed by atoms with Crippen LogP contribution in [-0.2, 0) is 0 Å².